The second-order valence-corrected chi connectivity index (χ2v) is 30.1. The molecule has 6 heterocycles. The number of carbonyl (C=O) groups excluding carboxylic acids is 1. The van der Waals surface area contributed by atoms with E-state index in [1.54, 1.807) is 0 Å². The average Bonchev–Trinajstić information content (AvgIpc) is 0.753. The van der Waals surface area contributed by atoms with Gasteiger partial charge < -0.3 is 153 Å². The van der Waals surface area contributed by atoms with Crippen LogP contribution >= 0.6 is 98.2 Å². The van der Waals surface area contributed by atoms with E-state index in [4.69, 9.17) is 64.1 Å². The summed E-state index contributed by atoms with van der Waals surface area (Å²) >= 11 is -1.69. The van der Waals surface area contributed by atoms with Crippen LogP contribution in [0, 0.1) is 0 Å². The van der Waals surface area contributed by atoms with Gasteiger partial charge in [-0.2, -0.15) is 17.3 Å². The Hall–Kier alpha value is 12.3. The Morgan fingerprint density at radius 3 is 1.09 bits per heavy atom. The molecule has 0 radical (unpaired) electrons. The summed E-state index contributed by atoms with van der Waals surface area (Å²) in [7, 11) is -23.3. The van der Waals surface area contributed by atoms with Gasteiger partial charge in [0, 0.05) is 0 Å². The van der Waals surface area contributed by atoms with Gasteiger partial charge in [-0.15, -0.1) is 17.3 Å². The van der Waals surface area contributed by atoms with E-state index in [1.807, 2.05) is 0 Å². The third-order valence-corrected chi connectivity index (χ3v) is 20.7. The van der Waals surface area contributed by atoms with Crippen molar-refractivity contribution >= 4 is 152 Å². The molecular formula is C38H55N4Na13O64S12. The van der Waals surface area contributed by atoms with Crippen LogP contribution in [-0.2, 0) is 207 Å². The number of aliphatic carboxylic acids is 2. The molecule has 0 saturated carbocycles. The number of ether oxygens (including phenoxy) is 10. The molecule has 0 aromatic heterocycles. The van der Waals surface area contributed by atoms with Crippen molar-refractivity contribution in [3.63, 3.8) is 0 Å². The van der Waals surface area contributed by atoms with Gasteiger partial charge in [0.05, 0.1) is 62.7 Å². The van der Waals surface area contributed by atoms with Gasteiger partial charge in [-0.25, -0.2) is 57.4 Å². The minimum Gasteiger partial charge on any atom is -0.726 e. The van der Waals surface area contributed by atoms with E-state index < -0.39 is 288 Å². The number of nitrogens with one attached hydrogen (secondary N) is 4. The first-order chi connectivity index (χ1) is 55.8. The van der Waals surface area contributed by atoms with Gasteiger partial charge >= 0.3 is 390 Å². The number of hydrogen-bond acceptors (Lipinski definition) is 75. The zero-order valence-corrected chi connectivity index (χ0v) is 105. The predicted octanol–water partition coefficient (Wildman–Crippen LogP) is -58.4. The fourth-order valence-electron chi connectivity index (χ4n) is 10.9. The topological polar surface area (TPSA) is 974 Å². The second-order valence-electron chi connectivity index (χ2n) is 21.9. The van der Waals surface area contributed by atoms with Crippen LogP contribution in [0.1, 0.15) is 13.8 Å². The first kappa shape index (κ1) is 161. The molecule has 12 unspecified atom stereocenters. The van der Waals surface area contributed by atoms with E-state index in [9.17, 15) is 144 Å². The van der Waals surface area contributed by atoms with Crippen LogP contribution in [0.2, 0.25) is 0 Å². The monoisotopic (exact) mass is 2270 g/mol. The molecule has 6 fully saturated rings. The number of carbonyl (C=O) groups is 2. The Kier molecular flexibility index (Phi) is 105. The molecule has 0 aliphatic carbocycles. The summed E-state index contributed by atoms with van der Waals surface area (Å²) in [6, 6.07) is -6.49. The third-order valence-electron chi connectivity index (χ3n) is 15.3. The van der Waals surface area contributed by atoms with Crippen LogP contribution in [0.3, 0.4) is 0 Å². The smallest absolute Gasteiger partial charge is 0.726 e. The molecule has 93 heteroatoms. The molecule has 0 aromatic carbocycles. The Bertz CT molecular complexity index is 3400. The first-order valence-corrected chi connectivity index (χ1v) is 40.8. The standard InChI is InChI=1S/C19H34N2O41S9.C19H34N2O23S3.13Na/c1-4-7(20-63-57-51-24)11(47-66-60-54-27)9(5(41-4)2-39-69(30,31)32)43-19-16(50-71(36,37)38)14(49-68-62-56-29)13(15(45-19)17(22)23)44-18-8(21-64-58-52-25)12(48-67-61-55-28)10(46-65-59-53-26)6(42-18)3-40-70(33,34)35;1-4-7(20-45-43-41-30)11(26)13(6(3-23)35-4)37-19-15(40-47(32,33)34)12(27)14(16(39-19)17(28)29)38-18-8(21-46-44-42-31)10(25)9(24)5(2-22)36-18;;;;;;;;;;;;;/h4-16,18-21,24-29H,2-3H2,1H3,(H,22,23)(H,30,31,32)(H,33,34,35)(H,36,37,38);4-16,18-27,30-31H,2-3H2,1H3,(H,28,29)(H,32,33,34);;;;;;;;;;;;;/q;;13*+1/p-13/t4-,5?,6?,7?,8?,9-,10-,11+,12-,13+,14-,15?,16?,18-,19-;4-,5?,6?,7?,8?,9-,10-,11-,12+,13-,14+,15?,16?,18-,19-;;;;;;;;;;;;;/m11............./s1. The maximum atomic E-state index is 13.0. The van der Waals surface area contributed by atoms with Gasteiger partial charge in [0.1, 0.15) is 159 Å². The number of aliphatic hydroxyl groups excluding tert-OH is 6. The van der Waals surface area contributed by atoms with Crippen LogP contribution < -0.4 is 450 Å². The summed E-state index contributed by atoms with van der Waals surface area (Å²) < 4.78 is 277. The van der Waals surface area contributed by atoms with E-state index in [1.165, 1.54) is 13.8 Å². The number of carboxylic acids is 2. The summed E-state index contributed by atoms with van der Waals surface area (Å²) in [4.78, 5) is 25.3. The Balaban J connectivity index is -0.000000314. The molecule has 30 atom stereocenters. The number of rotatable bonds is 54. The Morgan fingerprint density at radius 1 is 0.336 bits per heavy atom. The van der Waals surface area contributed by atoms with Crippen LogP contribution in [0.25, 0.3) is 0 Å². The molecule has 131 heavy (non-hydrogen) atoms. The van der Waals surface area contributed by atoms with E-state index in [0.29, 0.717) is 0 Å². The molecule has 0 amide bonds. The van der Waals surface area contributed by atoms with E-state index in [-0.39, 0.29) is 458 Å². The summed E-state index contributed by atoms with van der Waals surface area (Å²) in [5, 5.41) is 195. The van der Waals surface area contributed by atoms with E-state index >= 15 is 0 Å². The van der Waals surface area contributed by atoms with Crippen molar-refractivity contribution in [3.8, 4) is 0 Å². The molecule has 68 nitrogen and oxygen atoms in total. The van der Waals surface area contributed by atoms with Gasteiger partial charge in [-0.3, -0.25) is 73.8 Å². The zero-order chi connectivity index (χ0) is 87.8. The summed E-state index contributed by atoms with van der Waals surface area (Å²) in [6.07, 6.45) is -55.7. The van der Waals surface area contributed by atoms with Crippen molar-refractivity contribution in [2.45, 2.75) is 197 Å². The predicted molar refractivity (Wildman–Crippen MR) is 319 cm³/mol. The van der Waals surface area contributed by atoms with Gasteiger partial charge in [0.2, 0.25) is 41.6 Å². The third kappa shape index (κ3) is 56.7. The minimum atomic E-state index is -6.22. The second kappa shape index (κ2) is 85.5. The van der Waals surface area contributed by atoms with Crippen molar-refractivity contribution < 1.29 is 684 Å². The van der Waals surface area contributed by atoms with Crippen LogP contribution in [0.15, 0.2) is 0 Å². The molecule has 0 spiro atoms. The fourth-order valence-corrected chi connectivity index (χ4v) is 15.8. The molecule has 6 aliphatic rings. The van der Waals surface area contributed by atoms with Crippen LogP contribution in [0.4, 0.5) is 0 Å². The van der Waals surface area contributed by atoms with Gasteiger partial charge in [-0.05, 0) is 13.8 Å². The minimum absolute atomic E-state index is 0. The van der Waals surface area contributed by atoms with Crippen molar-refractivity contribution in [1.29, 1.82) is 0 Å². The normalized spacial score (nSPS) is 32.2. The molecule has 6 saturated heterocycles. The SMILES string of the molecule is C[C@H]1OC(CO)[C@@H](O[C@@H]2OC(C(=O)O)[C@@H](O[C@H]3OC(CO)[C@@H](O)[C@H](O)C3NSOO[O-])[C@H](O)C2OS(=O)(=O)[O-])[C@H](O)C1NSOO[O-].C[C@H]1OC(COS(=O)(=O)[O-])[C@@H](O[C@@H]2OC(C(=O)[O-])[C@@H](O[C@H]3OC(COS(=O)(=O)[O-])[C@@H](OSOO[O-])[C@H](OSOO[O-])C3NSOO[O-])[C@@H](OSOO[O-])C2OS(=O)(=O)[O-])[C@@H](OSOO[O-])C1NSOO[O-].[Na+].[Na+].[Na+].[Na+].[Na+].[Na+].[Na+].[Na+].[Na+].[Na+].[Na+].[Na+].[Na+]. The summed E-state index contributed by atoms with van der Waals surface area (Å²) in [6.45, 7) is -2.05. The summed E-state index contributed by atoms with van der Waals surface area (Å²) in [5.74, 6) is -4.37. The average molecular weight is 2280 g/mol. The number of hydrogen-bond donors (Lipinski definition) is 11. The molecule has 6 aliphatic heterocycles. The molecule has 696 valence electrons. The molecule has 0 bridgehead atoms. The first-order valence-electron chi connectivity index (χ1n) is 29.9. The van der Waals surface area contributed by atoms with Crippen molar-refractivity contribution in [2.75, 3.05) is 26.4 Å². The fraction of sp³-hybridized carbons (Fsp3) is 0.947. The zero-order valence-electron chi connectivity index (χ0n) is 69.4. The molecule has 6 rings (SSSR count). The molecule has 11 N–H and O–H groups in total. The van der Waals surface area contributed by atoms with Crippen molar-refractivity contribution in [3.05, 3.63) is 0 Å². The Labute approximate surface area is 1060 Å². The van der Waals surface area contributed by atoms with Gasteiger partial charge in [0.25, 0.3) is 0 Å². The van der Waals surface area contributed by atoms with E-state index in [0.717, 1.165) is 0 Å². The maximum Gasteiger partial charge on any atom is 1.00 e. The molecular weight excluding hydrogens is 2220 g/mol. The van der Waals surface area contributed by atoms with Crippen LogP contribution in [-0.4, -0.2) is 310 Å². The van der Waals surface area contributed by atoms with Crippen LogP contribution in [0.5, 0.6) is 0 Å². The number of carboxylic acid groups (broad SMARTS) is 2. The maximum absolute atomic E-state index is 13.0. The van der Waals surface area contributed by atoms with Gasteiger partial charge in [-0.1, -0.05) is 0 Å². The van der Waals surface area contributed by atoms with Crippen molar-refractivity contribution in [2.24, 2.45) is 0 Å². The number of aliphatic hydroxyl groups is 6. The quantitative estimate of drug-likeness (QED) is 0.00394. The van der Waals surface area contributed by atoms with Crippen molar-refractivity contribution in [1.82, 2.24) is 18.9 Å². The Morgan fingerprint density at radius 2 is 0.672 bits per heavy atom. The van der Waals surface area contributed by atoms with E-state index in [2.05, 4.69) is 111 Å². The van der Waals surface area contributed by atoms with Gasteiger partial charge in [0.15, 0.2) is 92.8 Å². The molecule has 0 aromatic rings. The largest absolute Gasteiger partial charge is 1.00 e. The summed E-state index contributed by atoms with van der Waals surface area (Å²) in [5.41, 5.74) is 0.